The van der Waals surface area contributed by atoms with Crippen molar-refractivity contribution in [1.29, 1.82) is 0 Å². The summed E-state index contributed by atoms with van der Waals surface area (Å²) >= 11 is 3.45. The van der Waals surface area contributed by atoms with Gasteiger partial charge in [0.15, 0.2) is 11.6 Å². The molecule has 0 radical (unpaired) electrons. The molecule has 76 valence electrons. The molecule has 0 atom stereocenters. The topological polar surface area (TPSA) is 9.23 Å². The average molecular weight is 259 g/mol. The summed E-state index contributed by atoms with van der Waals surface area (Å²) in [6.07, 6.45) is 2.35. The molecule has 2 rings (SSSR count). The summed E-state index contributed by atoms with van der Waals surface area (Å²) in [7, 11) is 0. The minimum absolute atomic E-state index is 0.266. The molecule has 0 unspecified atom stereocenters. The van der Waals surface area contributed by atoms with Gasteiger partial charge in [-0.25, -0.2) is 4.39 Å². The Labute approximate surface area is 91.4 Å². The molecule has 1 fully saturated rings. The summed E-state index contributed by atoms with van der Waals surface area (Å²) in [5.41, 5.74) is 0.266. The summed E-state index contributed by atoms with van der Waals surface area (Å²) in [5.74, 6) is 0.0811. The number of rotatable bonds is 4. The van der Waals surface area contributed by atoms with Crippen LogP contribution in [0.15, 0.2) is 24.3 Å². The Morgan fingerprint density at radius 3 is 2.64 bits per heavy atom. The van der Waals surface area contributed by atoms with E-state index in [4.69, 9.17) is 4.74 Å². The Hall–Kier alpha value is -0.570. The van der Waals surface area contributed by atoms with E-state index in [9.17, 15) is 4.39 Å². The summed E-state index contributed by atoms with van der Waals surface area (Å²) in [6.45, 7) is 0.610. The lowest BCUT2D eigenvalue weighted by atomic mass is 10.2. The molecule has 1 aromatic carbocycles. The highest BCUT2D eigenvalue weighted by molar-refractivity contribution is 9.09. The third-order valence-corrected chi connectivity index (χ3v) is 3.80. The molecule has 14 heavy (non-hydrogen) atoms. The van der Waals surface area contributed by atoms with Gasteiger partial charge in [-0.3, -0.25) is 0 Å². The fourth-order valence-electron chi connectivity index (χ4n) is 1.29. The number of ether oxygens (including phenoxy) is 1. The van der Waals surface area contributed by atoms with E-state index in [0.29, 0.717) is 12.4 Å². The van der Waals surface area contributed by atoms with E-state index in [-0.39, 0.29) is 11.2 Å². The Morgan fingerprint density at radius 1 is 1.36 bits per heavy atom. The van der Waals surface area contributed by atoms with Crippen LogP contribution in [-0.2, 0) is 0 Å². The smallest absolute Gasteiger partial charge is 0.165 e. The monoisotopic (exact) mass is 258 g/mol. The second-order valence-corrected chi connectivity index (χ2v) is 4.41. The van der Waals surface area contributed by atoms with Gasteiger partial charge in [0.1, 0.15) is 0 Å². The zero-order valence-corrected chi connectivity index (χ0v) is 9.39. The van der Waals surface area contributed by atoms with Crippen LogP contribution < -0.4 is 4.74 Å². The van der Waals surface area contributed by atoms with Gasteiger partial charge in [-0.15, -0.1) is 0 Å². The van der Waals surface area contributed by atoms with Crippen molar-refractivity contribution in [2.24, 2.45) is 5.41 Å². The van der Waals surface area contributed by atoms with E-state index in [1.165, 1.54) is 18.9 Å². The molecule has 0 saturated heterocycles. The molecule has 0 spiro atoms. The summed E-state index contributed by atoms with van der Waals surface area (Å²) < 4.78 is 18.6. The molecule has 0 aliphatic heterocycles. The maximum absolute atomic E-state index is 13.2. The molecular formula is C11H12BrFO. The van der Waals surface area contributed by atoms with E-state index in [1.807, 2.05) is 0 Å². The summed E-state index contributed by atoms with van der Waals surface area (Å²) in [4.78, 5) is 0. The van der Waals surface area contributed by atoms with Crippen molar-refractivity contribution in [3.05, 3.63) is 30.1 Å². The highest BCUT2D eigenvalue weighted by atomic mass is 79.9. The van der Waals surface area contributed by atoms with Gasteiger partial charge in [0.25, 0.3) is 0 Å². The Balaban J connectivity index is 1.95. The highest BCUT2D eigenvalue weighted by Crippen LogP contribution is 2.47. The highest BCUT2D eigenvalue weighted by Gasteiger charge is 2.42. The number of halogens is 2. The van der Waals surface area contributed by atoms with Crippen LogP contribution in [0.4, 0.5) is 4.39 Å². The largest absolute Gasteiger partial charge is 0.490 e. The van der Waals surface area contributed by atoms with Crippen molar-refractivity contribution in [3.8, 4) is 5.75 Å². The second-order valence-electron chi connectivity index (χ2n) is 3.85. The van der Waals surface area contributed by atoms with E-state index in [0.717, 1.165) is 5.33 Å². The van der Waals surface area contributed by atoms with Crippen LogP contribution in [-0.4, -0.2) is 11.9 Å². The van der Waals surface area contributed by atoms with Crippen molar-refractivity contribution in [2.45, 2.75) is 12.8 Å². The van der Waals surface area contributed by atoms with Gasteiger partial charge in [-0.1, -0.05) is 28.1 Å². The fraction of sp³-hybridized carbons (Fsp3) is 0.455. The first-order chi connectivity index (χ1) is 6.76. The van der Waals surface area contributed by atoms with Gasteiger partial charge in [0.05, 0.1) is 6.61 Å². The van der Waals surface area contributed by atoms with Gasteiger partial charge in [0, 0.05) is 10.7 Å². The van der Waals surface area contributed by atoms with E-state index >= 15 is 0 Å². The quantitative estimate of drug-likeness (QED) is 0.753. The molecule has 1 aromatic rings. The fourth-order valence-corrected chi connectivity index (χ4v) is 2.01. The molecule has 1 aliphatic carbocycles. The third-order valence-electron chi connectivity index (χ3n) is 2.61. The Kier molecular flexibility index (Phi) is 2.77. The lowest BCUT2D eigenvalue weighted by molar-refractivity contribution is 0.241. The Bertz CT molecular complexity index is 323. The van der Waals surface area contributed by atoms with E-state index in [2.05, 4.69) is 15.9 Å². The molecule has 0 aromatic heterocycles. The first-order valence-electron chi connectivity index (χ1n) is 4.69. The number of para-hydroxylation sites is 1. The van der Waals surface area contributed by atoms with Crippen LogP contribution in [0.2, 0.25) is 0 Å². The third kappa shape index (κ3) is 2.08. The molecule has 0 amide bonds. The van der Waals surface area contributed by atoms with Crippen molar-refractivity contribution in [1.82, 2.24) is 0 Å². The van der Waals surface area contributed by atoms with Crippen LogP contribution in [0.1, 0.15) is 12.8 Å². The van der Waals surface area contributed by atoms with E-state index in [1.54, 1.807) is 18.2 Å². The van der Waals surface area contributed by atoms with Crippen molar-refractivity contribution in [3.63, 3.8) is 0 Å². The van der Waals surface area contributed by atoms with Gasteiger partial charge in [-0.2, -0.15) is 0 Å². The predicted octanol–water partition coefficient (Wildman–Crippen LogP) is 3.38. The van der Waals surface area contributed by atoms with Crippen LogP contribution in [0.25, 0.3) is 0 Å². The summed E-state index contributed by atoms with van der Waals surface area (Å²) in [5, 5.41) is 0.939. The van der Waals surface area contributed by atoms with Crippen LogP contribution >= 0.6 is 15.9 Å². The first-order valence-corrected chi connectivity index (χ1v) is 5.81. The normalized spacial score (nSPS) is 17.9. The minimum Gasteiger partial charge on any atom is -0.490 e. The predicted molar refractivity (Wildman–Crippen MR) is 57.4 cm³/mol. The van der Waals surface area contributed by atoms with E-state index < -0.39 is 0 Å². The first kappa shape index (κ1) is 9.97. The lowest BCUT2D eigenvalue weighted by Crippen LogP contribution is -2.14. The lowest BCUT2D eigenvalue weighted by Gasteiger charge is -2.13. The zero-order valence-electron chi connectivity index (χ0n) is 7.80. The number of benzene rings is 1. The number of alkyl halides is 1. The van der Waals surface area contributed by atoms with Crippen molar-refractivity contribution >= 4 is 15.9 Å². The SMILES string of the molecule is Fc1ccccc1OCC1(CBr)CC1. The van der Waals surface area contributed by atoms with Crippen LogP contribution in [0.3, 0.4) is 0 Å². The standard InChI is InChI=1S/C11H12BrFO/c12-7-11(5-6-11)8-14-10-4-2-1-3-9(10)13/h1-4H,5-8H2. The molecule has 0 N–H and O–H groups in total. The maximum atomic E-state index is 13.2. The van der Waals surface area contributed by atoms with Gasteiger partial charge in [-0.05, 0) is 25.0 Å². The van der Waals surface area contributed by atoms with Gasteiger partial charge in [0.2, 0.25) is 0 Å². The Morgan fingerprint density at radius 2 is 2.07 bits per heavy atom. The van der Waals surface area contributed by atoms with Crippen LogP contribution in [0, 0.1) is 11.2 Å². The molecule has 0 bridgehead atoms. The summed E-state index contributed by atoms with van der Waals surface area (Å²) in [6, 6.07) is 6.54. The molecule has 0 heterocycles. The molecule has 1 saturated carbocycles. The average Bonchev–Trinajstić information content (AvgIpc) is 2.98. The number of hydrogen-bond acceptors (Lipinski definition) is 1. The zero-order chi connectivity index (χ0) is 10.0. The number of hydrogen-bond donors (Lipinski definition) is 0. The molecule has 3 heteroatoms. The minimum atomic E-state index is -0.280. The molecule has 1 nitrogen and oxygen atoms in total. The molecule has 1 aliphatic rings. The van der Waals surface area contributed by atoms with Gasteiger partial charge < -0.3 is 4.74 Å². The van der Waals surface area contributed by atoms with Crippen molar-refractivity contribution < 1.29 is 9.13 Å². The van der Waals surface area contributed by atoms with Crippen molar-refractivity contribution in [2.75, 3.05) is 11.9 Å². The molecular weight excluding hydrogens is 247 g/mol. The van der Waals surface area contributed by atoms with Gasteiger partial charge >= 0.3 is 0 Å². The maximum Gasteiger partial charge on any atom is 0.165 e. The second kappa shape index (κ2) is 3.89. The van der Waals surface area contributed by atoms with Crippen LogP contribution in [0.5, 0.6) is 5.75 Å².